The molecule has 0 aliphatic heterocycles. The van der Waals surface area contributed by atoms with E-state index in [-0.39, 0.29) is 18.3 Å². The summed E-state index contributed by atoms with van der Waals surface area (Å²) in [6.45, 7) is 3.47. The summed E-state index contributed by atoms with van der Waals surface area (Å²) < 4.78 is 13.1. The number of halogens is 1. The van der Waals surface area contributed by atoms with Crippen LogP contribution in [0.3, 0.4) is 0 Å². The highest BCUT2D eigenvalue weighted by molar-refractivity contribution is 5.89. The largest absolute Gasteiger partial charge is 0.394 e. The van der Waals surface area contributed by atoms with E-state index in [2.05, 4.69) is 5.32 Å². The predicted octanol–water partition coefficient (Wildman–Crippen LogP) is 2.52. The number of carbonyl (C=O) groups excluding carboxylic acids is 1. The Bertz CT molecular complexity index is 476. The van der Waals surface area contributed by atoms with Crippen LogP contribution >= 0.6 is 0 Å². The van der Waals surface area contributed by atoms with Crippen molar-refractivity contribution in [3.8, 4) is 0 Å². The zero-order valence-corrected chi connectivity index (χ0v) is 12.1. The molecule has 0 heterocycles. The van der Waals surface area contributed by atoms with Gasteiger partial charge in [0.25, 0.3) is 0 Å². The predicted molar refractivity (Wildman–Crippen MR) is 75.9 cm³/mol. The van der Waals surface area contributed by atoms with Crippen LogP contribution in [0.25, 0.3) is 0 Å². The minimum Gasteiger partial charge on any atom is -0.394 e. The van der Waals surface area contributed by atoms with E-state index in [9.17, 15) is 14.3 Å². The van der Waals surface area contributed by atoms with E-state index in [0.29, 0.717) is 0 Å². The first-order valence-corrected chi connectivity index (χ1v) is 7.09. The summed E-state index contributed by atoms with van der Waals surface area (Å²) in [5, 5.41) is 12.2. The minimum absolute atomic E-state index is 0.0688. The third-order valence-electron chi connectivity index (χ3n) is 4.14. The monoisotopic (exact) mass is 279 g/mol. The van der Waals surface area contributed by atoms with E-state index < -0.39 is 11.0 Å². The molecular formula is C16H22FNO2. The van der Waals surface area contributed by atoms with E-state index in [4.69, 9.17) is 0 Å². The molecule has 1 aromatic carbocycles. The first kappa shape index (κ1) is 15.0. The number of rotatable bonds is 4. The lowest BCUT2D eigenvalue weighted by Gasteiger charge is -2.33. The molecule has 0 atom stereocenters. The Morgan fingerprint density at radius 2 is 1.85 bits per heavy atom. The number of nitrogens with one attached hydrogen (secondary N) is 1. The van der Waals surface area contributed by atoms with Crippen molar-refractivity contribution in [2.45, 2.75) is 50.5 Å². The summed E-state index contributed by atoms with van der Waals surface area (Å²) in [7, 11) is 0. The van der Waals surface area contributed by atoms with Crippen LogP contribution in [0.1, 0.15) is 45.1 Å². The van der Waals surface area contributed by atoms with Crippen LogP contribution in [0.2, 0.25) is 0 Å². The van der Waals surface area contributed by atoms with Gasteiger partial charge in [-0.1, -0.05) is 25.0 Å². The number of hydrogen-bond donors (Lipinski definition) is 2. The van der Waals surface area contributed by atoms with Gasteiger partial charge in [0.1, 0.15) is 5.82 Å². The molecule has 1 fully saturated rings. The lowest BCUT2D eigenvalue weighted by molar-refractivity contribution is -0.128. The second kappa shape index (κ2) is 5.52. The third kappa shape index (κ3) is 2.85. The lowest BCUT2D eigenvalue weighted by Crippen LogP contribution is -2.53. The summed E-state index contributed by atoms with van der Waals surface area (Å²) in [5.41, 5.74) is -0.366. The number of benzene rings is 1. The van der Waals surface area contributed by atoms with Crippen molar-refractivity contribution < 1.29 is 14.3 Å². The average molecular weight is 279 g/mol. The molecule has 1 aliphatic carbocycles. The quantitative estimate of drug-likeness (QED) is 0.889. The molecule has 0 radical (unpaired) electrons. The molecular weight excluding hydrogens is 257 g/mol. The van der Waals surface area contributed by atoms with Crippen molar-refractivity contribution in [2.24, 2.45) is 0 Å². The zero-order valence-electron chi connectivity index (χ0n) is 12.1. The molecule has 2 rings (SSSR count). The first-order valence-electron chi connectivity index (χ1n) is 7.09. The smallest absolute Gasteiger partial charge is 0.231 e. The molecule has 1 saturated carbocycles. The van der Waals surface area contributed by atoms with Crippen molar-refractivity contribution in [3.63, 3.8) is 0 Å². The molecule has 0 spiro atoms. The van der Waals surface area contributed by atoms with Gasteiger partial charge >= 0.3 is 0 Å². The second-order valence-electron chi connectivity index (χ2n) is 6.29. The van der Waals surface area contributed by atoms with Gasteiger partial charge in [0.2, 0.25) is 5.91 Å². The first-order chi connectivity index (χ1) is 9.39. The van der Waals surface area contributed by atoms with E-state index in [1.807, 2.05) is 0 Å². The van der Waals surface area contributed by atoms with E-state index >= 15 is 0 Å². The molecule has 4 heteroatoms. The topological polar surface area (TPSA) is 49.3 Å². The standard InChI is InChI=1S/C16H22FNO2/c1-15(2,11-19)18-14(20)16(9-3-4-10-16)12-5-7-13(17)8-6-12/h5-8,19H,3-4,9-11H2,1-2H3,(H,18,20). The summed E-state index contributed by atoms with van der Waals surface area (Å²) in [5.74, 6) is -0.362. The normalized spacial score (nSPS) is 18.0. The maximum absolute atomic E-state index is 13.1. The van der Waals surface area contributed by atoms with Gasteiger partial charge in [0.05, 0.1) is 17.6 Å². The van der Waals surface area contributed by atoms with Crippen molar-refractivity contribution in [1.82, 2.24) is 5.32 Å². The summed E-state index contributed by atoms with van der Waals surface area (Å²) in [6, 6.07) is 6.21. The molecule has 1 amide bonds. The molecule has 0 aromatic heterocycles. The molecule has 0 bridgehead atoms. The van der Waals surface area contributed by atoms with Crippen LogP contribution in [0, 0.1) is 5.82 Å². The fourth-order valence-electron chi connectivity index (χ4n) is 2.86. The maximum Gasteiger partial charge on any atom is 0.231 e. The van der Waals surface area contributed by atoms with Crippen LogP contribution in [-0.2, 0) is 10.2 Å². The number of carbonyl (C=O) groups is 1. The van der Waals surface area contributed by atoms with Crippen LogP contribution in [0.15, 0.2) is 24.3 Å². The molecule has 0 unspecified atom stereocenters. The third-order valence-corrected chi connectivity index (χ3v) is 4.14. The highest BCUT2D eigenvalue weighted by Gasteiger charge is 2.44. The Hall–Kier alpha value is -1.42. The second-order valence-corrected chi connectivity index (χ2v) is 6.29. The van der Waals surface area contributed by atoms with Gasteiger partial charge in [0.15, 0.2) is 0 Å². The minimum atomic E-state index is -0.646. The van der Waals surface area contributed by atoms with E-state index in [1.54, 1.807) is 26.0 Å². The molecule has 0 saturated heterocycles. The summed E-state index contributed by atoms with van der Waals surface area (Å²) in [6.07, 6.45) is 3.52. The molecule has 1 aliphatic rings. The van der Waals surface area contributed by atoms with E-state index in [1.165, 1.54) is 12.1 Å². The van der Waals surface area contributed by atoms with Gasteiger partial charge in [-0.05, 0) is 44.4 Å². The molecule has 20 heavy (non-hydrogen) atoms. The maximum atomic E-state index is 13.1. The number of amides is 1. The van der Waals surface area contributed by atoms with Gasteiger partial charge in [-0.15, -0.1) is 0 Å². The summed E-state index contributed by atoms with van der Waals surface area (Å²) in [4.78, 5) is 12.7. The SMILES string of the molecule is CC(C)(CO)NC(=O)C1(c2ccc(F)cc2)CCCC1. The summed E-state index contributed by atoms with van der Waals surface area (Å²) >= 11 is 0. The Morgan fingerprint density at radius 3 is 2.35 bits per heavy atom. The fourth-order valence-corrected chi connectivity index (χ4v) is 2.86. The van der Waals surface area contributed by atoms with Gasteiger partial charge in [0, 0.05) is 0 Å². The van der Waals surface area contributed by atoms with Crippen LogP contribution in [-0.4, -0.2) is 23.2 Å². The van der Waals surface area contributed by atoms with Gasteiger partial charge in [-0.25, -0.2) is 4.39 Å². The number of aliphatic hydroxyl groups is 1. The highest BCUT2D eigenvalue weighted by atomic mass is 19.1. The molecule has 110 valence electrons. The number of aliphatic hydroxyl groups excluding tert-OH is 1. The Kier molecular flexibility index (Phi) is 4.14. The van der Waals surface area contributed by atoms with Crippen molar-refractivity contribution in [3.05, 3.63) is 35.6 Å². The number of hydrogen-bond acceptors (Lipinski definition) is 2. The highest BCUT2D eigenvalue weighted by Crippen LogP contribution is 2.41. The van der Waals surface area contributed by atoms with Crippen LogP contribution in [0.5, 0.6) is 0 Å². The zero-order chi connectivity index (χ0) is 14.8. The van der Waals surface area contributed by atoms with Gasteiger partial charge in [-0.2, -0.15) is 0 Å². The lowest BCUT2D eigenvalue weighted by atomic mass is 9.77. The van der Waals surface area contributed by atoms with Crippen molar-refractivity contribution in [2.75, 3.05) is 6.61 Å². The van der Waals surface area contributed by atoms with Crippen molar-refractivity contribution >= 4 is 5.91 Å². The van der Waals surface area contributed by atoms with Crippen LogP contribution in [0.4, 0.5) is 4.39 Å². The van der Waals surface area contributed by atoms with Gasteiger partial charge < -0.3 is 10.4 Å². The van der Waals surface area contributed by atoms with Crippen LogP contribution < -0.4 is 5.32 Å². The fraction of sp³-hybridized carbons (Fsp3) is 0.562. The Labute approximate surface area is 119 Å². The molecule has 3 nitrogen and oxygen atoms in total. The molecule has 2 N–H and O–H groups in total. The average Bonchev–Trinajstić information content (AvgIpc) is 2.90. The van der Waals surface area contributed by atoms with Gasteiger partial charge in [-0.3, -0.25) is 4.79 Å². The molecule has 1 aromatic rings. The Balaban J connectivity index is 2.30. The van der Waals surface area contributed by atoms with E-state index in [0.717, 1.165) is 31.2 Å². The van der Waals surface area contributed by atoms with Crippen molar-refractivity contribution in [1.29, 1.82) is 0 Å². The Morgan fingerprint density at radius 1 is 1.30 bits per heavy atom.